The Morgan fingerprint density at radius 3 is 2.59 bits per heavy atom. The minimum absolute atomic E-state index is 0.0834. The average Bonchev–Trinajstić information content (AvgIpc) is 2.96. The standard InChI is InChI=1S/C32H43N3O4/c1-2-3-4-5-6-7-18-39-31(36)22-26-10-11-27-14-15-30(23-29(27)21-26)34-32(37)28-12-8-25(9-13-28)24-33-35-16-19-38-20-17-35/h8-9,12-15,23-24,26H,2-7,10-11,16-22H2,1H3,(H,34,37)/b33-24+. The highest BCUT2D eigenvalue weighted by Crippen LogP contribution is 2.30. The zero-order valence-electron chi connectivity index (χ0n) is 23.3. The quantitative estimate of drug-likeness (QED) is 0.194. The minimum Gasteiger partial charge on any atom is -0.466 e. The van der Waals surface area contributed by atoms with Gasteiger partial charge in [-0.2, -0.15) is 5.10 Å². The lowest BCUT2D eigenvalue weighted by Crippen LogP contribution is -2.32. The number of hydrogen-bond acceptors (Lipinski definition) is 6. The number of ether oxygens (including phenoxy) is 2. The van der Waals surface area contributed by atoms with Gasteiger partial charge in [0.25, 0.3) is 5.91 Å². The lowest BCUT2D eigenvalue weighted by atomic mass is 9.82. The molecule has 1 aliphatic heterocycles. The van der Waals surface area contributed by atoms with Crippen LogP contribution >= 0.6 is 0 Å². The number of nitrogens with zero attached hydrogens (tertiary/aromatic N) is 2. The number of carbonyl (C=O) groups is 2. The molecule has 0 saturated carbocycles. The molecule has 1 heterocycles. The Kier molecular flexibility index (Phi) is 11.4. The fraction of sp³-hybridized carbons (Fsp3) is 0.531. The molecule has 1 unspecified atom stereocenters. The SMILES string of the molecule is CCCCCCCCOC(=O)CC1CCc2ccc(NC(=O)c3ccc(/C=N/N4CCOCC4)cc3)cc2C1. The second-order valence-electron chi connectivity index (χ2n) is 10.7. The summed E-state index contributed by atoms with van der Waals surface area (Å²) in [5.74, 6) is 0.0596. The number of aryl methyl sites for hydroxylation is 1. The van der Waals surface area contributed by atoms with Crippen LogP contribution < -0.4 is 5.32 Å². The van der Waals surface area contributed by atoms with Gasteiger partial charge in [-0.25, -0.2) is 0 Å². The number of morpholine rings is 1. The van der Waals surface area contributed by atoms with Gasteiger partial charge in [-0.05, 0) is 72.6 Å². The first-order chi connectivity index (χ1) is 19.1. The molecule has 210 valence electrons. The van der Waals surface area contributed by atoms with Crippen LogP contribution in [0.5, 0.6) is 0 Å². The Bertz CT molecular complexity index is 1090. The highest BCUT2D eigenvalue weighted by Gasteiger charge is 2.22. The average molecular weight is 534 g/mol. The smallest absolute Gasteiger partial charge is 0.306 e. The first-order valence-corrected chi connectivity index (χ1v) is 14.7. The van der Waals surface area contributed by atoms with Crippen molar-refractivity contribution in [2.24, 2.45) is 11.0 Å². The molecule has 0 spiro atoms. The molecule has 2 aromatic rings. The van der Waals surface area contributed by atoms with E-state index < -0.39 is 0 Å². The Balaban J connectivity index is 1.23. The molecule has 1 amide bonds. The second-order valence-corrected chi connectivity index (χ2v) is 10.7. The van der Waals surface area contributed by atoms with Crippen LogP contribution in [0.4, 0.5) is 5.69 Å². The van der Waals surface area contributed by atoms with Gasteiger partial charge in [0.2, 0.25) is 0 Å². The third-order valence-electron chi connectivity index (χ3n) is 7.54. The predicted molar refractivity (Wildman–Crippen MR) is 155 cm³/mol. The number of amides is 1. The zero-order valence-corrected chi connectivity index (χ0v) is 23.3. The third kappa shape index (κ3) is 9.50. The van der Waals surface area contributed by atoms with Crippen molar-refractivity contribution in [2.75, 3.05) is 38.2 Å². The van der Waals surface area contributed by atoms with E-state index in [1.807, 2.05) is 41.6 Å². The van der Waals surface area contributed by atoms with Crippen molar-refractivity contribution in [3.05, 3.63) is 64.7 Å². The number of carbonyl (C=O) groups excluding carboxylic acids is 2. The molecule has 7 nitrogen and oxygen atoms in total. The highest BCUT2D eigenvalue weighted by atomic mass is 16.5. The molecule has 1 saturated heterocycles. The minimum atomic E-state index is -0.141. The molecule has 4 rings (SSSR count). The van der Waals surface area contributed by atoms with E-state index in [0.717, 1.165) is 56.4 Å². The van der Waals surface area contributed by atoms with Crippen molar-refractivity contribution in [3.8, 4) is 0 Å². The van der Waals surface area contributed by atoms with E-state index >= 15 is 0 Å². The summed E-state index contributed by atoms with van der Waals surface area (Å²) < 4.78 is 10.9. The van der Waals surface area contributed by atoms with E-state index in [4.69, 9.17) is 9.47 Å². The molecule has 1 N–H and O–H groups in total. The second kappa shape index (κ2) is 15.4. The first-order valence-electron chi connectivity index (χ1n) is 14.7. The maximum Gasteiger partial charge on any atom is 0.306 e. The molecule has 1 atom stereocenters. The van der Waals surface area contributed by atoms with Crippen LogP contribution in [0, 0.1) is 5.92 Å². The number of hydrazone groups is 1. The largest absolute Gasteiger partial charge is 0.466 e. The molecule has 0 radical (unpaired) electrons. The summed E-state index contributed by atoms with van der Waals surface area (Å²) in [7, 11) is 0. The Labute approximate surface area is 233 Å². The van der Waals surface area contributed by atoms with E-state index in [0.29, 0.717) is 31.8 Å². The molecular weight excluding hydrogens is 490 g/mol. The van der Waals surface area contributed by atoms with Gasteiger partial charge in [-0.1, -0.05) is 57.2 Å². The van der Waals surface area contributed by atoms with E-state index in [9.17, 15) is 9.59 Å². The fourth-order valence-corrected chi connectivity index (χ4v) is 5.19. The van der Waals surface area contributed by atoms with E-state index in [-0.39, 0.29) is 17.8 Å². The highest BCUT2D eigenvalue weighted by molar-refractivity contribution is 6.04. The first kappa shape index (κ1) is 28.8. The van der Waals surface area contributed by atoms with Crippen LogP contribution in [0.25, 0.3) is 0 Å². The van der Waals surface area contributed by atoms with Gasteiger partial charge in [-0.15, -0.1) is 0 Å². The van der Waals surface area contributed by atoms with Crippen molar-refractivity contribution >= 4 is 23.8 Å². The topological polar surface area (TPSA) is 80.2 Å². The van der Waals surface area contributed by atoms with Gasteiger partial charge in [-0.3, -0.25) is 14.6 Å². The van der Waals surface area contributed by atoms with Gasteiger partial charge < -0.3 is 14.8 Å². The number of hydrogen-bond donors (Lipinski definition) is 1. The zero-order chi connectivity index (χ0) is 27.3. The van der Waals surface area contributed by atoms with Gasteiger partial charge in [0, 0.05) is 17.7 Å². The number of benzene rings is 2. The summed E-state index contributed by atoms with van der Waals surface area (Å²) in [6.45, 7) is 5.74. The van der Waals surface area contributed by atoms with Gasteiger partial charge in [0.1, 0.15) is 0 Å². The third-order valence-corrected chi connectivity index (χ3v) is 7.54. The van der Waals surface area contributed by atoms with Gasteiger partial charge >= 0.3 is 5.97 Å². The number of esters is 1. The van der Waals surface area contributed by atoms with Gasteiger partial charge in [0.05, 0.1) is 39.1 Å². The van der Waals surface area contributed by atoms with Gasteiger partial charge in [0.15, 0.2) is 0 Å². The van der Waals surface area contributed by atoms with Crippen LogP contribution in [0.2, 0.25) is 0 Å². The Morgan fingerprint density at radius 1 is 1.03 bits per heavy atom. The molecule has 2 aliphatic rings. The van der Waals surface area contributed by atoms with E-state index in [1.165, 1.54) is 36.8 Å². The molecule has 1 fully saturated rings. The molecule has 2 aromatic carbocycles. The monoisotopic (exact) mass is 533 g/mol. The molecule has 7 heteroatoms. The predicted octanol–water partition coefficient (Wildman–Crippen LogP) is 6.00. The molecule has 39 heavy (non-hydrogen) atoms. The summed E-state index contributed by atoms with van der Waals surface area (Å²) in [5.41, 5.74) is 4.84. The van der Waals surface area contributed by atoms with Crippen molar-refractivity contribution in [1.29, 1.82) is 0 Å². The number of unbranched alkanes of at least 4 members (excludes halogenated alkanes) is 5. The van der Waals surface area contributed by atoms with Crippen LogP contribution in [-0.2, 0) is 27.1 Å². The number of nitrogens with one attached hydrogen (secondary N) is 1. The van der Waals surface area contributed by atoms with E-state index in [2.05, 4.69) is 29.5 Å². The van der Waals surface area contributed by atoms with Crippen molar-refractivity contribution in [2.45, 2.75) is 71.1 Å². The van der Waals surface area contributed by atoms with Crippen molar-refractivity contribution in [3.63, 3.8) is 0 Å². The normalized spacial score (nSPS) is 17.2. The van der Waals surface area contributed by atoms with Crippen LogP contribution in [-0.4, -0.2) is 56.0 Å². The summed E-state index contributed by atoms with van der Waals surface area (Å²) >= 11 is 0. The van der Waals surface area contributed by atoms with Crippen LogP contribution in [0.3, 0.4) is 0 Å². The number of anilines is 1. The van der Waals surface area contributed by atoms with Crippen molar-refractivity contribution < 1.29 is 19.1 Å². The summed E-state index contributed by atoms with van der Waals surface area (Å²) in [6, 6.07) is 13.6. The molecule has 0 bridgehead atoms. The fourth-order valence-electron chi connectivity index (χ4n) is 5.19. The Hall–Kier alpha value is -3.19. The number of fused-ring (bicyclic) bond motifs is 1. The molecule has 1 aliphatic carbocycles. The lowest BCUT2D eigenvalue weighted by molar-refractivity contribution is -0.145. The molecule has 0 aromatic heterocycles. The van der Waals surface area contributed by atoms with Crippen LogP contribution in [0.15, 0.2) is 47.6 Å². The van der Waals surface area contributed by atoms with Crippen LogP contribution in [0.1, 0.15) is 85.3 Å². The lowest BCUT2D eigenvalue weighted by Gasteiger charge is -2.24. The maximum atomic E-state index is 12.9. The summed E-state index contributed by atoms with van der Waals surface area (Å²) in [5, 5.41) is 9.51. The van der Waals surface area contributed by atoms with E-state index in [1.54, 1.807) is 0 Å². The Morgan fingerprint density at radius 2 is 1.79 bits per heavy atom. The maximum absolute atomic E-state index is 12.9. The summed E-state index contributed by atoms with van der Waals surface area (Å²) in [4.78, 5) is 25.3. The van der Waals surface area contributed by atoms with Crippen molar-refractivity contribution in [1.82, 2.24) is 5.01 Å². The number of rotatable bonds is 13. The molecular formula is C32H43N3O4. The summed E-state index contributed by atoms with van der Waals surface area (Å²) in [6.07, 6.45) is 12.2.